The van der Waals surface area contributed by atoms with Crippen molar-refractivity contribution in [3.8, 4) is 28.0 Å². The molecule has 0 saturated carbocycles. The van der Waals surface area contributed by atoms with E-state index < -0.39 is 17.6 Å². The number of ether oxygens (including phenoxy) is 1. The van der Waals surface area contributed by atoms with Crippen LogP contribution in [-0.4, -0.2) is 17.7 Å². The topological polar surface area (TPSA) is 46.5 Å². The Morgan fingerprint density at radius 3 is 1.97 bits per heavy atom. The fraction of sp³-hybridized carbons (Fsp3) is 0.441. The number of carboxylic acids is 1. The highest BCUT2D eigenvalue weighted by atomic mass is 19.2. The van der Waals surface area contributed by atoms with Gasteiger partial charge in [0.1, 0.15) is 0 Å². The van der Waals surface area contributed by atoms with Gasteiger partial charge in [0.2, 0.25) is 5.82 Å². The predicted molar refractivity (Wildman–Crippen MR) is 156 cm³/mol. The minimum atomic E-state index is -1.20. The zero-order valence-corrected chi connectivity index (χ0v) is 23.4. The van der Waals surface area contributed by atoms with Crippen molar-refractivity contribution in [2.45, 2.75) is 90.9 Å². The molecule has 0 atom stereocenters. The Morgan fingerprint density at radius 1 is 0.692 bits per heavy atom. The third kappa shape index (κ3) is 8.91. The Kier molecular flexibility index (Phi) is 12.5. The van der Waals surface area contributed by atoms with Gasteiger partial charge in [0.05, 0.1) is 12.2 Å². The second-order valence-electron chi connectivity index (χ2n) is 10.3. The number of aryl methyl sites for hydroxylation is 1. The summed E-state index contributed by atoms with van der Waals surface area (Å²) in [7, 11) is 0. The number of carbonyl (C=O) groups is 1. The average Bonchev–Trinajstić information content (AvgIpc) is 2.94. The van der Waals surface area contributed by atoms with E-state index in [1.54, 1.807) is 12.1 Å². The van der Waals surface area contributed by atoms with E-state index in [1.807, 2.05) is 12.1 Å². The number of hydrogen-bond donors (Lipinski definition) is 1. The minimum Gasteiger partial charge on any atom is -0.490 e. The van der Waals surface area contributed by atoms with Gasteiger partial charge >= 0.3 is 5.97 Å². The van der Waals surface area contributed by atoms with Gasteiger partial charge in [-0.3, -0.25) is 0 Å². The predicted octanol–water partition coefficient (Wildman–Crippen LogP) is 10.2. The summed E-state index contributed by atoms with van der Waals surface area (Å²) in [5, 5.41) is 9.75. The first kappa shape index (κ1) is 30.3. The van der Waals surface area contributed by atoms with Gasteiger partial charge < -0.3 is 9.84 Å². The van der Waals surface area contributed by atoms with Gasteiger partial charge in [0.15, 0.2) is 11.6 Å². The zero-order chi connectivity index (χ0) is 28.0. The lowest BCUT2D eigenvalue weighted by molar-refractivity contribution is 0.0697. The molecule has 3 aromatic rings. The highest BCUT2D eigenvalue weighted by Crippen LogP contribution is 2.35. The van der Waals surface area contributed by atoms with Gasteiger partial charge in [-0.15, -0.1) is 0 Å². The molecule has 0 heterocycles. The first-order chi connectivity index (χ1) is 19.0. The third-order valence-electron chi connectivity index (χ3n) is 7.20. The third-order valence-corrected chi connectivity index (χ3v) is 7.20. The lowest BCUT2D eigenvalue weighted by atomic mass is 9.93. The average molecular weight is 537 g/mol. The lowest BCUT2D eigenvalue weighted by Crippen LogP contribution is -2.04. The first-order valence-corrected chi connectivity index (χ1v) is 14.5. The Hall–Kier alpha value is -3.21. The van der Waals surface area contributed by atoms with Gasteiger partial charge in [-0.2, -0.15) is 4.39 Å². The second-order valence-corrected chi connectivity index (χ2v) is 10.3. The fourth-order valence-electron chi connectivity index (χ4n) is 4.85. The van der Waals surface area contributed by atoms with Crippen molar-refractivity contribution in [2.24, 2.45) is 0 Å². The van der Waals surface area contributed by atoms with E-state index in [9.17, 15) is 14.3 Å². The Balaban J connectivity index is 1.75. The van der Waals surface area contributed by atoms with Crippen LogP contribution in [0.15, 0.2) is 54.6 Å². The molecule has 39 heavy (non-hydrogen) atoms. The Bertz CT molecular complexity index is 1190. The summed E-state index contributed by atoms with van der Waals surface area (Å²) in [5.41, 5.74) is 2.85. The van der Waals surface area contributed by atoms with Crippen LogP contribution >= 0.6 is 0 Å². The fourth-order valence-corrected chi connectivity index (χ4v) is 4.85. The van der Waals surface area contributed by atoms with Crippen LogP contribution < -0.4 is 4.74 Å². The summed E-state index contributed by atoms with van der Waals surface area (Å²) in [6.45, 7) is 4.66. The molecule has 3 rings (SSSR count). The van der Waals surface area contributed by atoms with Crippen LogP contribution in [-0.2, 0) is 6.42 Å². The van der Waals surface area contributed by atoms with Gasteiger partial charge in [0, 0.05) is 5.56 Å². The molecule has 0 aliphatic rings. The van der Waals surface area contributed by atoms with Crippen molar-refractivity contribution in [3.05, 3.63) is 77.4 Å². The van der Waals surface area contributed by atoms with Crippen LogP contribution in [0.4, 0.5) is 8.78 Å². The summed E-state index contributed by atoms with van der Waals surface area (Å²) >= 11 is 0. The molecule has 5 heteroatoms. The molecule has 0 unspecified atom stereocenters. The maximum Gasteiger partial charge on any atom is 0.336 e. The molecule has 0 aromatic heterocycles. The number of hydrogen-bond acceptors (Lipinski definition) is 2. The summed E-state index contributed by atoms with van der Waals surface area (Å²) in [5.74, 6) is -3.55. The Labute approximate surface area is 232 Å². The maximum atomic E-state index is 15.2. The number of carboxylic acid groups (broad SMARTS) is 1. The van der Waals surface area contributed by atoms with E-state index in [1.165, 1.54) is 55.9 Å². The van der Waals surface area contributed by atoms with E-state index >= 15 is 4.39 Å². The van der Waals surface area contributed by atoms with E-state index in [0.717, 1.165) is 56.1 Å². The minimum absolute atomic E-state index is 0.0821. The number of aromatic carboxylic acids is 1. The number of unbranched alkanes of at least 4 members (excludes halogenated alkanes) is 9. The number of rotatable bonds is 17. The van der Waals surface area contributed by atoms with Crippen molar-refractivity contribution in [1.29, 1.82) is 0 Å². The quantitative estimate of drug-likeness (QED) is 0.175. The monoisotopic (exact) mass is 536 g/mol. The lowest BCUT2D eigenvalue weighted by Gasteiger charge is -2.14. The molecule has 0 saturated heterocycles. The van der Waals surface area contributed by atoms with Gasteiger partial charge in [0.25, 0.3) is 0 Å². The molecule has 0 bridgehead atoms. The van der Waals surface area contributed by atoms with E-state index in [2.05, 4.69) is 26.0 Å². The molecule has 0 aliphatic carbocycles. The molecule has 210 valence electrons. The van der Waals surface area contributed by atoms with Gasteiger partial charge in [-0.25, -0.2) is 9.18 Å². The normalized spacial score (nSPS) is 11.1. The molecule has 0 radical (unpaired) electrons. The molecule has 0 amide bonds. The molecule has 0 spiro atoms. The molecule has 1 N–H and O–H groups in total. The van der Waals surface area contributed by atoms with Crippen LogP contribution in [0.5, 0.6) is 5.75 Å². The molecular formula is C34H42F2O3. The van der Waals surface area contributed by atoms with Crippen LogP contribution in [0, 0.1) is 11.6 Å². The van der Waals surface area contributed by atoms with Crippen LogP contribution in [0.3, 0.4) is 0 Å². The smallest absolute Gasteiger partial charge is 0.336 e. The van der Waals surface area contributed by atoms with Crippen molar-refractivity contribution < 1.29 is 23.4 Å². The van der Waals surface area contributed by atoms with Gasteiger partial charge in [-0.1, -0.05) is 102 Å². The van der Waals surface area contributed by atoms with E-state index in [4.69, 9.17) is 4.74 Å². The highest BCUT2D eigenvalue weighted by Gasteiger charge is 2.21. The second kappa shape index (κ2) is 16.0. The summed E-state index contributed by atoms with van der Waals surface area (Å²) in [6.07, 6.45) is 13.6. The van der Waals surface area contributed by atoms with Crippen LogP contribution in [0.1, 0.15) is 100 Å². The number of benzene rings is 3. The molecule has 3 aromatic carbocycles. The van der Waals surface area contributed by atoms with Crippen LogP contribution in [0.25, 0.3) is 22.3 Å². The number of halogens is 2. The molecular weight excluding hydrogens is 494 g/mol. The highest BCUT2D eigenvalue weighted by molar-refractivity contribution is 5.97. The van der Waals surface area contributed by atoms with Crippen molar-refractivity contribution in [2.75, 3.05) is 6.61 Å². The zero-order valence-electron chi connectivity index (χ0n) is 23.4. The maximum absolute atomic E-state index is 15.2. The summed E-state index contributed by atoms with van der Waals surface area (Å²) in [4.78, 5) is 11.9. The van der Waals surface area contributed by atoms with Gasteiger partial charge in [-0.05, 0) is 65.8 Å². The molecule has 3 nitrogen and oxygen atoms in total. The SMILES string of the molecule is CCCCCCCCc1ccc(-c2ccc(C(=O)O)c(-c3ccc(OCCCCCCC)c(F)c3F)c2)cc1. The van der Waals surface area contributed by atoms with Crippen molar-refractivity contribution in [1.82, 2.24) is 0 Å². The summed E-state index contributed by atoms with van der Waals surface area (Å²) < 4.78 is 35.6. The largest absolute Gasteiger partial charge is 0.490 e. The standard InChI is InChI=1S/C34H42F2O3/c1-3-5-7-9-10-12-14-25-15-17-26(18-16-25)27-19-20-29(34(37)38)30(24-27)28-21-22-31(33(36)32(28)35)39-23-13-11-8-6-4-2/h15-22,24H,3-14,23H2,1-2H3,(H,37,38). The van der Waals surface area contributed by atoms with E-state index in [0.29, 0.717) is 6.61 Å². The molecule has 0 fully saturated rings. The van der Waals surface area contributed by atoms with Crippen molar-refractivity contribution in [3.63, 3.8) is 0 Å². The summed E-state index contributed by atoms with van der Waals surface area (Å²) in [6, 6.07) is 15.7. The van der Waals surface area contributed by atoms with Crippen LogP contribution in [0.2, 0.25) is 0 Å². The molecule has 0 aliphatic heterocycles. The Morgan fingerprint density at radius 2 is 1.31 bits per heavy atom. The van der Waals surface area contributed by atoms with E-state index in [-0.39, 0.29) is 22.4 Å². The van der Waals surface area contributed by atoms with Crippen molar-refractivity contribution >= 4 is 5.97 Å². The first-order valence-electron chi connectivity index (χ1n) is 14.5.